The van der Waals surface area contributed by atoms with Crippen LogP contribution in [0.5, 0.6) is 5.75 Å². The molecule has 74 heavy (non-hydrogen) atoms. The van der Waals surface area contributed by atoms with E-state index in [9.17, 15) is 31.6 Å². The van der Waals surface area contributed by atoms with E-state index in [1.165, 1.54) is 24.3 Å². The molecule has 0 aliphatic carbocycles. The second-order valence-corrected chi connectivity index (χ2v) is 15.8. The second kappa shape index (κ2) is 36.9. The van der Waals surface area contributed by atoms with Crippen LogP contribution in [0.3, 0.4) is 0 Å². The van der Waals surface area contributed by atoms with Gasteiger partial charge in [0.25, 0.3) is 0 Å². The molecule has 0 atom stereocenters. The van der Waals surface area contributed by atoms with Gasteiger partial charge in [-0.1, -0.05) is 60.7 Å². The van der Waals surface area contributed by atoms with Crippen LogP contribution in [0, 0.1) is 11.3 Å². The number of halogens is 6. The zero-order valence-corrected chi connectivity index (χ0v) is 41.7. The van der Waals surface area contributed by atoms with Crippen LogP contribution < -0.4 is 4.74 Å². The van der Waals surface area contributed by atoms with E-state index in [4.69, 9.17) is 61.6 Å². The highest BCUT2D eigenvalue weighted by Crippen LogP contribution is 2.39. The molecule has 4 rings (SSSR count). The minimum Gasteiger partial charge on any atom is -0.491 e. The molecule has 0 N–H and O–H groups in total. The highest BCUT2D eigenvalue weighted by Gasteiger charge is 2.37. The van der Waals surface area contributed by atoms with Gasteiger partial charge < -0.3 is 61.6 Å². The van der Waals surface area contributed by atoms with E-state index in [0.717, 1.165) is 11.1 Å². The number of methoxy groups -OCH3 is 1. The van der Waals surface area contributed by atoms with Gasteiger partial charge in [0.1, 0.15) is 12.4 Å². The third kappa shape index (κ3) is 26.5. The molecule has 0 saturated carbocycles. The number of hydrogen-bond donors (Lipinski definition) is 0. The Morgan fingerprint density at radius 1 is 0.392 bits per heavy atom. The Morgan fingerprint density at radius 3 is 1.01 bits per heavy atom. The Labute approximate surface area is 429 Å². The van der Waals surface area contributed by atoms with Crippen LogP contribution in [0.2, 0.25) is 0 Å². The van der Waals surface area contributed by atoms with Crippen LogP contribution >= 0.6 is 0 Å². The third-order valence-electron chi connectivity index (χ3n) is 10.3. The second-order valence-electron chi connectivity index (χ2n) is 15.8. The zero-order chi connectivity index (χ0) is 53.0. The molecular formula is C54H67F6NO13. The number of alkyl halides is 6. The van der Waals surface area contributed by atoms with Crippen molar-refractivity contribution < 1.29 is 87.9 Å². The molecule has 0 radical (unpaired) electrons. The molecule has 0 heterocycles. The largest absolute Gasteiger partial charge is 0.491 e. The van der Waals surface area contributed by atoms with Crippen LogP contribution in [-0.4, -0.2) is 166 Å². The van der Waals surface area contributed by atoms with Gasteiger partial charge in [-0.15, -0.1) is 0 Å². The number of allylic oxidation sites excluding steroid dienone is 1. The maximum absolute atomic E-state index is 13.4. The third-order valence-corrected chi connectivity index (χ3v) is 10.3. The van der Waals surface area contributed by atoms with Gasteiger partial charge in [0.15, 0.2) is 0 Å². The number of nitrogens with zero attached hydrogens (tertiary/aromatic N) is 1. The molecule has 408 valence electrons. The van der Waals surface area contributed by atoms with E-state index in [2.05, 4.69) is 6.07 Å². The Balaban J connectivity index is 0.929. The summed E-state index contributed by atoms with van der Waals surface area (Å²) in [6, 6.07) is 24.3. The van der Waals surface area contributed by atoms with E-state index in [-0.39, 0.29) is 22.8 Å². The van der Waals surface area contributed by atoms with Gasteiger partial charge in [0.05, 0.1) is 175 Å². The summed E-state index contributed by atoms with van der Waals surface area (Å²) in [6.07, 6.45) is -8.28. The molecule has 0 fully saturated rings. The lowest BCUT2D eigenvalue weighted by atomic mass is 9.96. The van der Waals surface area contributed by atoms with Crippen molar-refractivity contribution in [3.63, 3.8) is 0 Å². The van der Waals surface area contributed by atoms with E-state index in [0.29, 0.717) is 188 Å². The van der Waals surface area contributed by atoms with Gasteiger partial charge >= 0.3 is 12.4 Å². The fourth-order valence-corrected chi connectivity index (χ4v) is 6.49. The lowest BCUT2D eigenvalue weighted by Gasteiger charge is -2.14. The summed E-state index contributed by atoms with van der Waals surface area (Å²) >= 11 is 0. The SMILES string of the molecule is COCCOCCOCCOCCOCCOCCOCCOCCOCCOCCOCCOCCOc1ccc(-c2ccc(/C=C(\C#N)c3ccc(-c4cc(C(F)(F)F)cc(C(F)(F)F)c4)cc3)cc2)cc1. The van der Waals surface area contributed by atoms with Crippen molar-refractivity contribution in [1.82, 2.24) is 0 Å². The summed E-state index contributed by atoms with van der Waals surface area (Å²) in [6.45, 7) is 11.3. The first-order chi connectivity index (χ1) is 36.0. The zero-order valence-electron chi connectivity index (χ0n) is 41.7. The van der Waals surface area contributed by atoms with Gasteiger partial charge in [0, 0.05) is 7.11 Å². The quantitative estimate of drug-likeness (QED) is 0.0180. The predicted octanol–water partition coefficient (Wildman–Crippen LogP) is 9.33. The van der Waals surface area contributed by atoms with E-state index in [1.807, 2.05) is 48.5 Å². The first-order valence-electron chi connectivity index (χ1n) is 24.2. The van der Waals surface area contributed by atoms with Gasteiger partial charge in [0.2, 0.25) is 0 Å². The summed E-state index contributed by atoms with van der Waals surface area (Å²) in [7, 11) is 1.63. The molecule has 4 aromatic rings. The van der Waals surface area contributed by atoms with Crippen LogP contribution in [0.1, 0.15) is 22.3 Å². The van der Waals surface area contributed by atoms with Gasteiger partial charge in [-0.25, -0.2) is 0 Å². The van der Waals surface area contributed by atoms with Gasteiger partial charge in [-0.05, 0) is 69.8 Å². The van der Waals surface area contributed by atoms with Crippen molar-refractivity contribution in [2.24, 2.45) is 0 Å². The Kier molecular flexibility index (Phi) is 30.7. The minimum absolute atomic E-state index is 0.0875. The lowest BCUT2D eigenvalue weighted by Crippen LogP contribution is -2.15. The molecule has 14 nitrogen and oxygen atoms in total. The summed E-state index contributed by atoms with van der Waals surface area (Å²) < 4.78 is 151. The molecule has 20 heteroatoms. The maximum atomic E-state index is 13.4. The number of nitriles is 1. The fourth-order valence-electron chi connectivity index (χ4n) is 6.49. The predicted molar refractivity (Wildman–Crippen MR) is 264 cm³/mol. The van der Waals surface area contributed by atoms with Crippen LogP contribution in [0.25, 0.3) is 33.9 Å². The van der Waals surface area contributed by atoms with E-state index >= 15 is 0 Å². The average molecular weight is 1050 g/mol. The molecule has 0 aromatic heterocycles. The topological polar surface area (TPSA) is 144 Å². The van der Waals surface area contributed by atoms with Crippen molar-refractivity contribution in [1.29, 1.82) is 5.26 Å². The minimum atomic E-state index is -4.96. The van der Waals surface area contributed by atoms with Gasteiger partial charge in [-0.3, -0.25) is 0 Å². The highest BCUT2D eigenvalue weighted by atomic mass is 19.4. The van der Waals surface area contributed by atoms with E-state index < -0.39 is 23.5 Å². The monoisotopic (exact) mass is 1050 g/mol. The summed E-state index contributed by atoms with van der Waals surface area (Å²) in [5.74, 6) is 0.677. The lowest BCUT2D eigenvalue weighted by molar-refractivity contribution is -0.143. The van der Waals surface area contributed by atoms with Crippen LogP contribution in [-0.2, 0) is 69.2 Å². The van der Waals surface area contributed by atoms with E-state index in [1.54, 1.807) is 13.2 Å². The van der Waals surface area contributed by atoms with Crippen molar-refractivity contribution in [2.45, 2.75) is 12.4 Å². The molecule has 0 aliphatic heterocycles. The number of ether oxygens (including phenoxy) is 13. The maximum Gasteiger partial charge on any atom is 0.416 e. The van der Waals surface area contributed by atoms with Crippen LogP contribution in [0.15, 0.2) is 91.0 Å². The number of benzene rings is 4. The molecular weight excluding hydrogens is 985 g/mol. The molecule has 0 unspecified atom stereocenters. The van der Waals surface area contributed by atoms with Crippen molar-refractivity contribution in [3.8, 4) is 34.1 Å². The Morgan fingerprint density at radius 2 is 0.689 bits per heavy atom. The van der Waals surface area contributed by atoms with Crippen molar-refractivity contribution in [2.75, 3.05) is 166 Å². The fraction of sp³-hybridized carbons (Fsp3) is 0.500. The first-order valence-corrected chi connectivity index (χ1v) is 24.2. The number of hydrogen-bond acceptors (Lipinski definition) is 14. The Bertz CT molecular complexity index is 2120. The van der Waals surface area contributed by atoms with Crippen LogP contribution in [0.4, 0.5) is 26.3 Å². The summed E-state index contributed by atoms with van der Waals surface area (Å²) in [5.41, 5.74) is 0.369. The summed E-state index contributed by atoms with van der Waals surface area (Å²) in [5, 5.41) is 9.87. The molecule has 4 aromatic carbocycles. The molecule has 0 amide bonds. The summed E-state index contributed by atoms with van der Waals surface area (Å²) in [4.78, 5) is 0. The smallest absolute Gasteiger partial charge is 0.416 e. The standard InChI is InChI=1S/C54H67F6NO13/c1-62-14-15-63-16-17-64-18-19-65-20-21-66-22-23-67-24-25-68-26-27-69-28-29-70-30-31-71-32-33-72-34-35-73-36-37-74-52-12-10-45(11-13-52)44-4-2-43(3-5-44)38-49(42-61)47-8-6-46(7-9-47)48-39-50(53(55,56)57)41-51(40-48)54(58,59)60/h2-13,38-41H,14-37H2,1H3/b49-38+. The molecule has 0 bridgehead atoms. The normalized spacial score (nSPS) is 12.1. The Hall–Kier alpha value is -4.99. The van der Waals surface area contributed by atoms with Gasteiger partial charge in [-0.2, -0.15) is 31.6 Å². The number of rotatable bonds is 41. The average Bonchev–Trinajstić information content (AvgIpc) is 3.40. The van der Waals surface area contributed by atoms with Crippen molar-refractivity contribution in [3.05, 3.63) is 113 Å². The highest BCUT2D eigenvalue weighted by molar-refractivity contribution is 5.90. The first kappa shape index (κ1) is 61.6. The van der Waals surface area contributed by atoms with Crippen molar-refractivity contribution >= 4 is 11.6 Å². The molecule has 0 spiro atoms. The molecule has 0 aliphatic rings. The molecule has 0 saturated heterocycles.